The minimum Gasteiger partial charge on any atom is -0.311 e. The fourth-order valence-electron chi connectivity index (χ4n) is 3.68. The molecule has 4 aromatic rings. The van der Waals surface area contributed by atoms with Crippen LogP contribution in [0, 0.1) is 27.7 Å². The van der Waals surface area contributed by atoms with Gasteiger partial charge in [0.15, 0.2) is 9.84 Å². The van der Waals surface area contributed by atoms with Crippen molar-refractivity contribution in [2.24, 2.45) is 0 Å². The Kier molecular flexibility index (Phi) is 6.36. The molecular weight excluding hydrogens is 456 g/mol. The van der Waals surface area contributed by atoms with Gasteiger partial charge < -0.3 is 5.32 Å². The highest BCUT2D eigenvalue weighted by atomic mass is 32.2. The summed E-state index contributed by atoms with van der Waals surface area (Å²) in [7, 11) is -3.42. The van der Waals surface area contributed by atoms with Crippen molar-refractivity contribution in [2.75, 3.05) is 11.1 Å². The summed E-state index contributed by atoms with van der Waals surface area (Å²) >= 11 is 1.51. The molecule has 0 saturated heterocycles. The zero-order chi connectivity index (χ0) is 23.8. The van der Waals surface area contributed by atoms with Crippen LogP contribution in [0.2, 0.25) is 0 Å². The molecule has 1 N–H and O–H groups in total. The van der Waals surface area contributed by atoms with Gasteiger partial charge in [-0.05, 0) is 63.4 Å². The van der Waals surface area contributed by atoms with Crippen molar-refractivity contribution in [3.8, 4) is 5.13 Å². The molecule has 9 heteroatoms. The van der Waals surface area contributed by atoms with Crippen LogP contribution in [0.3, 0.4) is 0 Å². The Hall–Kier alpha value is -3.04. The van der Waals surface area contributed by atoms with Gasteiger partial charge in [0.2, 0.25) is 11.0 Å². The summed E-state index contributed by atoms with van der Waals surface area (Å²) in [6.45, 7) is 7.84. The third kappa shape index (κ3) is 5.15. The van der Waals surface area contributed by atoms with Crippen molar-refractivity contribution in [2.45, 2.75) is 45.4 Å². The van der Waals surface area contributed by atoms with E-state index in [1.165, 1.54) is 16.9 Å². The maximum atomic E-state index is 12.6. The lowest BCUT2D eigenvalue weighted by atomic mass is 10.1. The van der Waals surface area contributed by atoms with E-state index >= 15 is 0 Å². The van der Waals surface area contributed by atoms with Crippen LogP contribution in [0.25, 0.3) is 15.3 Å². The number of nitrogens with zero attached hydrogens (tertiary/aromatic N) is 3. The number of hydrogen-bond donors (Lipinski definition) is 1. The summed E-state index contributed by atoms with van der Waals surface area (Å²) in [6.07, 6.45) is 0.322. The number of benzene rings is 2. The molecule has 0 aliphatic heterocycles. The van der Waals surface area contributed by atoms with Gasteiger partial charge in [-0.15, -0.1) is 0 Å². The maximum Gasteiger partial charge on any atom is 0.225 e. The number of amides is 1. The number of aryl methyl sites for hydroxylation is 4. The summed E-state index contributed by atoms with van der Waals surface area (Å²) in [5.74, 6) is 0.175. The number of carbonyl (C=O) groups is 1. The molecule has 0 aliphatic carbocycles. The van der Waals surface area contributed by atoms with Crippen molar-refractivity contribution < 1.29 is 13.2 Å². The maximum absolute atomic E-state index is 12.6. The number of sulfone groups is 1. The van der Waals surface area contributed by atoms with Crippen molar-refractivity contribution in [3.63, 3.8) is 0 Å². The second-order valence-electron chi connectivity index (χ2n) is 8.29. The zero-order valence-electron chi connectivity index (χ0n) is 19.0. The molecule has 2 heterocycles. The van der Waals surface area contributed by atoms with Gasteiger partial charge in [-0.2, -0.15) is 9.78 Å². The van der Waals surface area contributed by atoms with Gasteiger partial charge in [-0.25, -0.2) is 13.4 Å². The average molecular weight is 483 g/mol. The lowest BCUT2D eigenvalue weighted by Gasteiger charge is -2.07. The molecule has 0 spiro atoms. The predicted octanol–water partition coefficient (Wildman–Crippen LogP) is 4.91. The van der Waals surface area contributed by atoms with Crippen LogP contribution < -0.4 is 5.32 Å². The summed E-state index contributed by atoms with van der Waals surface area (Å²) in [5, 5.41) is 8.04. The smallest absolute Gasteiger partial charge is 0.225 e. The summed E-state index contributed by atoms with van der Waals surface area (Å²) in [5.41, 5.74) is 4.93. The molecular formula is C24H26N4O3S2. The van der Waals surface area contributed by atoms with Gasteiger partial charge in [0.25, 0.3) is 0 Å². The van der Waals surface area contributed by atoms with Crippen LogP contribution in [0.5, 0.6) is 0 Å². The van der Waals surface area contributed by atoms with E-state index in [2.05, 4.69) is 29.5 Å². The van der Waals surface area contributed by atoms with Crippen molar-refractivity contribution >= 4 is 43.1 Å². The van der Waals surface area contributed by atoms with Crippen molar-refractivity contribution in [1.82, 2.24) is 14.8 Å². The molecule has 33 heavy (non-hydrogen) atoms. The number of rotatable bonds is 7. The Morgan fingerprint density at radius 3 is 2.48 bits per heavy atom. The quantitative estimate of drug-likeness (QED) is 0.404. The second kappa shape index (κ2) is 9.07. The van der Waals surface area contributed by atoms with Crippen LogP contribution in [0.1, 0.15) is 35.2 Å². The Labute approximate surface area is 197 Å². The van der Waals surface area contributed by atoms with Crippen LogP contribution in [0.15, 0.2) is 47.4 Å². The van der Waals surface area contributed by atoms with Crippen molar-refractivity contribution in [1.29, 1.82) is 0 Å². The van der Waals surface area contributed by atoms with E-state index in [0.717, 1.165) is 27.0 Å². The normalized spacial score (nSPS) is 11.8. The monoisotopic (exact) mass is 482 g/mol. The molecule has 0 saturated carbocycles. The molecule has 0 unspecified atom stereocenters. The van der Waals surface area contributed by atoms with Crippen LogP contribution in [0.4, 0.5) is 5.82 Å². The first-order valence-corrected chi connectivity index (χ1v) is 13.1. The molecule has 1 amide bonds. The van der Waals surface area contributed by atoms with Crippen LogP contribution in [-0.4, -0.2) is 34.8 Å². The second-order valence-corrected chi connectivity index (χ2v) is 11.4. The minimum absolute atomic E-state index is 0.0851. The van der Waals surface area contributed by atoms with Gasteiger partial charge >= 0.3 is 0 Å². The Morgan fingerprint density at radius 1 is 1.03 bits per heavy atom. The lowest BCUT2D eigenvalue weighted by Crippen LogP contribution is -2.16. The Balaban J connectivity index is 1.45. The van der Waals surface area contributed by atoms with E-state index in [0.29, 0.717) is 10.9 Å². The highest BCUT2D eigenvalue weighted by Crippen LogP contribution is 2.30. The zero-order valence-corrected chi connectivity index (χ0v) is 20.7. The highest BCUT2D eigenvalue weighted by molar-refractivity contribution is 7.91. The van der Waals surface area contributed by atoms with Gasteiger partial charge in [-0.1, -0.05) is 35.1 Å². The number of hydrogen-bond acceptors (Lipinski definition) is 6. The number of anilines is 1. The molecule has 7 nitrogen and oxygen atoms in total. The lowest BCUT2D eigenvalue weighted by molar-refractivity contribution is -0.116. The minimum atomic E-state index is -3.42. The third-order valence-corrected chi connectivity index (χ3v) is 8.09. The third-order valence-electron chi connectivity index (χ3n) is 5.30. The largest absolute Gasteiger partial charge is 0.311 e. The number of aromatic nitrogens is 3. The molecule has 2 aromatic heterocycles. The molecule has 0 aliphatic rings. The SMILES string of the molecule is Cc1ccc(S(=O)(=O)CCCC(=O)Nc2cc(C)nn2-c2nc3c(C)cc(C)cc3s2)cc1. The molecule has 172 valence electrons. The van der Waals surface area contributed by atoms with Gasteiger partial charge in [-0.3, -0.25) is 4.79 Å². The standard InChI is InChI=1S/C24H26N4O3S2/c1-15-7-9-19(10-8-15)33(30,31)11-5-6-22(29)25-21-14-18(4)27-28(21)24-26-23-17(3)12-16(2)13-20(23)32-24/h7-10,12-14H,5-6,11H2,1-4H3,(H,25,29). The summed E-state index contributed by atoms with van der Waals surface area (Å²) < 4.78 is 27.7. The number of nitrogens with one attached hydrogen (secondary N) is 1. The molecule has 2 aromatic carbocycles. The van der Waals surface area contributed by atoms with E-state index in [4.69, 9.17) is 4.98 Å². The summed E-state index contributed by atoms with van der Waals surface area (Å²) in [4.78, 5) is 17.6. The van der Waals surface area contributed by atoms with E-state index < -0.39 is 9.84 Å². The van der Waals surface area contributed by atoms with Crippen molar-refractivity contribution in [3.05, 3.63) is 64.8 Å². The van der Waals surface area contributed by atoms with Gasteiger partial charge in [0.1, 0.15) is 5.82 Å². The van der Waals surface area contributed by atoms with E-state index in [-0.39, 0.29) is 29.4 Å². The van der Waals surface area contributed by atoms with Gasteiger partial charge in [0.05, 0.1) is 26.6 Å². The fraction of sp³-hybridized carbons (Fsp3) is 0.292. The highest BCUT2D eigenvalue weighted by Gasteiger charge is 2.18. The molecule has 0 bridgehead atoms. The van der Waals surface area contributed by atoms with E-state index in [1.807, 2.05) is 20.8 Å². The first kappa shape index (κ1) is 23.1. The van der Waals surface area contributed by atoms with E-state index in [9.17, 15) is 13.2 Å². The number of carbonyl (C=O) groups excluding carboxylic acids is 1. The number of fused-ring (bicyclic) bond motifs is 1. The topological polar surface area (TPSA) is 94.0 Å². The Bertz CT molecular complexity index is 1430. The average Bonchev–Trinajstić information content (AvgIpc) is 3.31. The van der Waals surface area contributed by atoms with Gasteiger partial charge in [0, 0.05) is 12.5 Å². The summed E-state index contributed by atoms with van der Waals surface area (Å²) in [6, 6.07) is 12.7. The van der Waals surface area contributed by atoms with Crippen LogP contribution in [-0.2, 0) is 14.6 Å². The number of thiazole rings is 1. The molecule has 0 radical (unpaired) electrons. The van der Waals surface area contributed by atoms with E-state index in [1.54, 1.807) is 35.0 Å². The Morgan fingerprint density at radius 2 is 1.76 bits per heavy atom. The first-order valence-electron chi connectivity index (χ1n) is 10.7. The molecule has 0 fully saturated rings. The van der Waals surface area contributed by atoms with Crippen LogP contribution >= 0.6 is 11.3 Å². The predicted molar refractivity (Wildman–Crippen MR) is 132 cm³/mol. The fourth-order valence-corrected chi connectivity index (χ4v) is 6.09. The molecule has 0 atom stereocenters. The molecule has 4 rings (SSSR count). The first-order chi connectivity index (χ1) is 15.6.